The van der Waals surface area contributed by atoms with E-state index in [-0.39, 0.29) is 45.4 Å². The first-order valence-electron chi connectivity index (χ1n) is 8.07. The third kappa shape index (κ3) is 3.40. The van der Waals surface area contributed by atoms with Crippen molar-refractivity contribution in [1.29, 1.82) is 0 Å². The average molecular weight is 389 g/mol. The Labute approximate surface area is 162 Å². The van der Waals surface area contributed by atoms with Crippen molar-refractivity contribution in [2.45, 2.75) is 0 Å². The van der Waals surface area contributed by atoms with E-state index in [2.05, 4.69) is 0 Å². The highest BCUT2D eigenvalue weighted by atomic mass is 16.5. The first-order valence-corrected chi connectivity index (χ1v) is 8.07. The van der Waals surface area contributed by atoms with E-state index in [1.807, 2.05) is 0 Å². The van der Waals surface area contributed by atoms with Crippen molar-refractivity contribution in [1.82, 2.24) is 0 Å². The molecule has 28 heavy (non-hydrogen) atoms. The van der Waals surface area contributed by atoms with Crippen molar-refractivity contribution in [3.05, 3.63) is 34.9 Å². The molecule has 0 aliphatic heterocycles. The highest BCUT2D eigenvalue weighted by Gasteiger charge is 2.30. The first-order chi connectivity index (χ1) is 13.5. The van der Waals surface area contributed by atoms with Gasteiger partial charge in [-0.05, 0) is 18.2 Å². The number of carbonyl (C=O) groups excluding carboxylic acids is 2. The fraction of sp³-hybridized carbons (Fsp3) is 0.300. The summed E-state index contributed by atoms with van der Waals surface area (Å²) in [6, 6.07) is 4.47. The number of methoxy groups -OCH3 is 6. The fourth-order valence-corrected chi connectivity index (χ4v) is 2.89. The molecule has 2 aromatic rings. The molecule has 8 nitrogen and oxygen atoms in total. The molecule has 0 atom stereocenters. The summed E-state index contributed by atoms with van der Waals surface area (Å²) in [5.41, 5.74) is 0.165. The number of hydrogen-bond donors (Lipinski definition) is 0. The normalized spacial score (nSPS) is 10.1. The van der Waals surface area contributed by atoms with Gasteiger partial charge in [0, 0.05) is 0 Å². The van der Waals surface area contributed by atoms with Gasteiger partial charge in [0.1, 0.15) is 11.3 Å². The Morgan fingerprint density at radius 1 is 0.714 bits per heavy atom. The Hall–Kier alpha value is -3.42. The second-order valence-electron chi connectivity index (χ2n) is 5.38. The summed E-state index contributed by atoms with van der Waals surface area (Å²) in [6.45, 7) is 0. The molecule has 0 aliphatic rings. The molecule has 8 heteroatoms. The number of hydrogen-bond acceptors (Lipinski definition) is 8. The molecule has 0 saturated heterocycles. The van der Waals surface area contributed by atoms with Gasteiger partial charge in [0.25, 0.3) is 0 Å². The van der Waals surface area contributed by atoms with Crippen LogP contribution in [0.2, 0.25) is 0 Å². The number of benzene rings is 2. The zero-order chi connectivity index (χ0) is 20.8. The second kappa shape index (κ2) is 8.98. The van der Waals surface area contributed by atoms with Crippen molar-refractivity contribution in [3.8, 4) is 34.5 Å². The number of ketones is 1. The SMILES string of the molecule is COc1ccc(C(=O)c2c(OC)c([C]=O)cc(OC)c2OC)c(OC)c1OC. The summed E-state index contributed by atoms with van der Waals surface area (Å²) in [7, 11) is 8.41. The minimum atomic E-state index is -0.526. The molecular weight excluding hydrogens is 368 g/mol. The zero-order valence-corrected chi connectivity index (χ0v) is 16.5. The third-order valence-corrected chi connectivity index (χ3v) is 4.11. The molecule has 0 amide bonds. The maximum absolute atomic E-state index is 13.5. The van der Waals surface area contributed by atoms with Gasteiger partial charge in [-0.15, -0.1) is 0 Å². The highest BCUT2D eigenvalue weighted by molar-refractivity contribution is 6.16. The zero-order valence-electron chi connectivity index (χ0n) is 16.5. The molecular formula is C20H21O8. The van der Waals surface area contributed by atoms with Crippen molar-refractivity contribution in [3.63, 3.8) is 0 Å². The summed E-state index contributed by atoms with van der Waals surface area (Å²) in [4.78, 5) is 24.9. The van der Waals surface area contributed by atoms with E-state index >= 15 is 0 Å². The van der Waals surface area contributed by atoms with E-state index in [1.54, 1.807) is 12.4 Å². The van der Waals surface area contributed by atoms with Crippen LogP contribution >= 0.6 is 0 Å². The van der Waals surface area contributed by atoms with E-state index in [1.165, 1.54) is 54.8 Å². The molecule has 0 saturated carbocycles. The van der Waals surface area contributed by atoms with Crippen LogP contribution in [0.25, 0.3) is 0 Å². The molecule has 0 aromatic heterocycles. The Bertz CT molecular complexity index is 889. The molecule has 149 valence electrons. The molecule has 1 radical (unpaired) electrons. The molecule has 0 aliphatic carbocycles. The van der Waals surface area contributed by atoms with Gasteiger partial charge < -0.3 is 28.4 Å². The van der Waals surface area contributed by atoms with E-state index in [0.717, 1.165) is 0 Å². The Morgan fingerprint density at radius 2 is 1.29 bits per heavy atom. The average Bonchev–Trinajstić information content (AvgIpc) is 2.75. The predicted octanol–water partition coefficient (Wildman–Crippen LogP) is 2.43. The molecule has 0 fully saturated rings. The molecule has 2 rings (SSSR count). The van der Waals surface area contributed by atoms with E-state index in [4.69, 9.17) is 28.4 Å². The first kappa shape index (κ1) is 20.9. The van der Waals surface area contributed by atoms with Crippen LogP contribution < -0.4 is 28.4 Å². The van der Waals surface area contributed by atoms with Gasteiger partial charge >= 0.3 is 0 Å². The standard InChI is InChI=1S/C20H21O8/c1-23-13-8-7-12(18(26-4)20(13)28-6)16(22)15-17(25-3)11(10-21)9-14(24-2)19(15)27-5/h7-9H,1-6H3. The van der Waals surface area contributed by atoms with Gasteiger partial charge in [-0.25, -0.2) is 0 Å². The predicted molar refractivity (Wildman–Crippen MR) is 100 cm³/mol. The Balaban J connectivity index is 2.85. The van der Waals surface area contributed by atoms with Gasteiger partial charge in [-0.2, -0.15) is 0 Å². The van der Waals surface area contributed by atoms with Crippen LogP contribution in [-0.4, -0.2) is 54.7 Å². The molecule has 0 heterocycles. The summed E-state index contributed by atoms with van der Waals surface area (Å²) >= 11 is 0. The lowest BCUT2D eigenvalue weighted by Crippen LogP contribution is -2.11. The summed E-state index contributed by atoms with van der Waals surface area (Å²) in [5, 5.41) is 0. The van der Waals surface area contributed by atoms with Gasteiger partial charge in [0.2, 0.25) is 17.8 Å². The summed E-state index contributed by atoms with van der Waals surface area (Å²) in [6.07, 6.45) is 1.75. The van der Waals surface area contributed by atoms with Crippen molar-refractivity contribution < 1.29 is 38.0 Å². The fourth-order valence-electron chi connectivity index (χ4n) is 2.89. The molecule has 0 spiro atoms. The lowest BCUT2D eigenvalue weighted by molar-refractivity contribution is 0.102. The van der Waals surface area contributed by atoms with Gasteiger partial charge in [-0.3, -0.25) is 9.59 Å². The van der Waals surface area contributed by atoms with Crippen LogP contribution in [0.4, 0.5) is 0 Å². The van der Waals surface area contributed by atoms with Gasteiger partial charge in [0.15, 0.2) is 23.0 Å². The number of carbonyl (C=O) groups is 1. The maximum atomic E-state index is 13.5. The highest BCUT2D eigenvalue weighted by Crippen LogP contribution is 2.45. The van der Waals surface area contributed by atoms with Crippen molar-refractivity contribution >= 4 is 12.1 Å². The number of ether oxygens (including phenoxy) is 6. The van der Waals surface area contributed by atoms with Crippen LogP contribution in [-0.2, 0) is 4.79 Å². The second-order valence-corrected chi connectivity index (χ2v) is 5.38. The van der Waals surface area contributed by atoms with Crippen LogP contribution in [0, 0.1) is 0 Å². The summed E-state index contributed by atoms with van der Waals surface area (Å²) in [5.74, 6) is 0.581. The maximum Gasteiger partial charge on any atom is 0.237 e. The topological polar surface area (TPSA) is 89.5 Å². The largest absolute Gasteiger partial charge is 0.495 e. The van der Waals surface area contributed by atoms with E-state index < -0.39 is 5.78 Å². The van der Waals surface area contributed by atoms with Crippen LogP contribution in [0.3, 0.4) is 0 Å². The van der Waals surface area contributed by atoms with Crippen LogP contribution in [0.1, 0.15) is 21.5 Å². The van der Waals surface area contributed by atoms with E-state index in [0.29, 0.717) is 5.75 Å². The molecule has 0 bridgehead atoms. The molecule has 0 N–H and O–H groups in total. The van der Waals surface area contributed by atoms with E-state index in [9.17, 15) is 9.59 Å². The minimum absolute atomic E-state index is 0.00628. The third-order valence-electron chi connectivity index (χ3n) is 4.11. The van der Waals surface area contributed by atoms with Gasteiger partial charge in [-0.1, -0.05) is 0 Å². The number of rotatable bonds is 9. The quantitative estimate of drug-likeness (QED) is 0.604. The summed E-state index contributed by atoms with van der Waals surface area (Å²) < 4.78 is 31.9. The monoisotopic (exact) mass is 389 g/mol. The Kier molecular flexibility index (Phi) is 6.70. The molecule has 2 aromatic carbocycles. The van der Waals surface area contributed by atoms with Gasteiger partial charge in [0.05, 0.1) is 53.8 Å². The smallest absolute Gasteiger partial charge is 0.237 e. The van der Waals surface area contributed by atoms with Crippen molar-refractivity contribution in [2.75, 3.05) is 42.7 Å². The molecule has 0 unspecified atom stereocenters. The van der Waals surface area contributed by atoms with Crippen LogP contribution in [0.15, 0.2) is 18.2 Å². The Morgan fingerprint density at radius 3 is 1.75 bits per heavy atom. The lowest BCUT2D eigenvalue weighted by Gasteiger charge is -2.19. The van der Waals surface area contributed by atoms with Crippen molar-refractivity contribution in [2.24, 2.45) is 0 Å². The van der Waals surface area contributed by atoms with Crippen LogP contribution in [0.5, 0.6) is 34.5 Å². The lowest BCUT2D eigenvalue weighted by atomic mass is 9.97. The minimum Gasteiger partial charge on any atom is -0.495 e.